The van der Waals surface area contributed by atoms with E-state index in [1.54, 1.807) is 31.7 Å². The summed E-state index contributed by atoms with van der Waals surface area (Å²) >= 11 is 0. The second-order valence-corrected chi connectivity index (χ2v) is 10.3. The van der Waals surface area contributed by atoms with Gasteiger partial charge in [0.1, 0.15) is 5.69 Å². The van der Waals surface area contributed by atoms with E-state index in [1.807, 2.05) is 26.1 Å². The van der Waals surface area contributed by atoms with Crippen molar-refractivity contribution < 1.29 is 9.59 Å². The minimum atomic E-state index is -0.232. The number of amides is 2. The topological polar surface area (TPSA) is 163 Å². The first-order valence-corrected chi connectivity index (χ1v) is 13.2. The van der Waals surface area contributed by atoms with Crippen LogP contribution in [0.1, 0.15) is 55.9 Å². The van der Waals surface area contributed by atoms with Crippen molar-refractivity contribution in [1.29, 1.82) is 0 Å². The summed E-state index contributed by atoms with van der Waals surface area (Å²) in [5.74, 6) is 0.364. The van der Waals surface area contributed by atoms with Gasteiger partial charge in [-0.2, -0.15) is 0 Å². The average molecular weight is 528 g/mol. The van der Waals surface area contributed by atoms with E-state index in [0.717, 1.165) is 22.6 Å². The van der Waals surface area contributed by atoms with E-state index in [0.29, 0.717) is 60.8 Å². The summed E-state index contributed by atoms with van der Waals surface area (Å²) in [5.41, 5.74) is 12.3. The highest BCUT2D eigenvalue weighted by atomic mass is 16.2. The molecule has 0 bridgehead atoms. The Balaban J connectivity index is 1.46. The lowest BCUT2D eigenvalue weighted by Crippen LogP contribution is -2.39. The lowest BCUT2D eigenvalue weighted by atomic mass is 9.83. The highest BCUT2D eigenvalue weighted by molar-refractivity contribution is 6.22. The smallest absolute Gasteiger partial charge is 0.253 e. The van der Waals surface area contributed by atoms with E-state index in [-0.39, 0.29) is 29.7 Å². The minimum absolute atomic E-state index is 0.0441. The number of aliphatic imine (C=N–C) groups is 3. The van der Waals surface area contributed by atoms with Crippen molar-refractivity contribution in [2.24, 2.45) is 32.5 Å². The first kappa shape index (κ1) is 26.4. The number of likely N-dealkylation sites (N-methyl/N-ethyl adjacent to an activating group) is 1. The Morgan fingerprint density at radius 2 is 2.10 bits per heavy atom. The van der Waals surface area contributed by atoms with Crippen LogP contribution in [0.2, 0.25) is 0 Å². The molecule has 0 fully saturated rings. The van der Waals surface area contributed by atoms with Crippen LogP contribution in [0.4, 0.5) is 5.69 Å². The maximum Gasteiger partial charge on any atom is 0.253 e. The fourth-order valence-corrected chi connectivity index (χ4v) is 5.02. The number of imidazole rings is 1. The summed E-state index contributed by atoms with van der Waals surface area (Å²) in [6.07, 6.45) is 10.4. The van der Waals surface area contributed by atoms with Crippen molar-refractivity contribution in [3.05, 3.63) is 53.5 Å². The molecule has 39 heavy (non-hydrogen) atoms. The van der Waals surface area contributed by atoms with Crippen LogP contribution in [0.15, 0.2) is 45.7 Å². The third-order valence-electron chi connectivity index (χ3n) is 6.89. The molecule has 5 N–H and O–H groups in total. The van der Waals surface area contributed by atoms with Crippen molar-refractivity contribution in [3.8, 4) is 0 Å². The minimum Gasteiger partial charge on any atom is -0.355 e. The fourth-order valence-electron chi connectivity index (χ4n) is 5.02. The van der Waals surface area contributed by atoms with Gasteiger partial charge in [-0.15, -0.1) is 0 Å². The molecule has 11 nitrogen and oxygen atoms in total. The molecule has 3 aliphatic rings. The Bertz CT molecular complexity index is 1440. The number of anilines is 1. The van der Waals surface area contributed by atoms with E-state index < -0.39 is 0 Å². The number of carbonyl (C=O) groups excluding carboxylic acids is 2. The van der Waals surface area contributed by atoms with E-state index in [1.165, 1.54) is 0 Å². The number of pyridine rings is 1. The number of carbonyl (C=O) groups is 2. The predicted molar refractivity (Wildman–Crippen MR) is 153 cm³/mol. The van der Waals surface area contributed by atoms with Crippen LogP contribution in [0.25, 0.3) is 11.1 Å². The molecule has 2 amide bonds. The van der Waals surface area contributed by atoms with Gasteiger partial charge in [0.05, 0.1) is 35.4 Å². The maximum absolute atomic E-state index is 12.5. The molecule has 3 aliphatic heterocycles. The monoisotopic (exact) mass is 527 g/mol. The standard InChI is InChI=1S/C28H33N9O2/c1-15(2)8-23(38)35-18-9-16(11-32-13-18)17-10-20-24(34-12-17)21(29)5-7-33-26(20)27-36-22-14-31-6-4-19(25(22)37-27)28(39)30-3/h4,9,11-15,20-21H,5-8,10,29H2,1-3H3,(H,30,39)(H,35,38)(H,36,37). The number of nitrogens with zero attached hydrogens (tertiary/aromatic N) is 5. The molecule has 5 rings (SSSR count). The number of hydrogen-bond acceptors (Lipinski definition) is 8. The number of H-pyrrole nitrogens is 1. The molecule has 2 aromatic rings. The molecule has 0 saturated heterocycles. The van der Waals surface area contributed by atoms with Crippen LogP contribution in [0.5, 0.6) is 0 Å². The lowest BCUT2D eigenvalue weighted by molar-refractivity contribution is -0.117. The van der Waals surface area contributed by atoms with Crippen LogP contribution in [0.3, 0.4) is 0 Å². The zero-order valence-electron chi connectivity index (χ0n) is 22.4. The van der Waals surface area contributed by atoms with Crippen molar-refractivity contribution in [2.45, 2.75) is 39.2 Å². The largest absolute Gasteiger partial charge is 0.355 e. The molecule has 2 aromatic heterocycles. The van der Waals surface area contributed by atoms with Crippen molar-refractivity contribution in [1.82, 2.24) is 20.3 Å². The molecule has 0 aromatic carbocycles. The van der Waals surface area contributed by atoms with Gasteiger partial charge in [0.15, 0.2) is 5.82 Å². The first-order valence-electron chi connectivity index (χ1n) is 13.2. The van der Waals surface area contributed by atoms with Gasteiger partial charge in [-0.25, -0.2) is 4.98 Å². The quantitative estimate of drug-likeness (QED) is 0.452. The first-order chi connectivity index (χ1) is 18.8. The van der Waals surface area contributed by atoms with Gasteiger partial charge in [0.2, 0.25) is 5.91 Å². The van der Waals surface area contributed by atoms with E-state index in [9.17, 15) is 9.59 Å². The van der Waals surface area contributed by atoms with E-state index >= 15 is 0 Å². The van der Waals surface area contributed by atoms with Gasteiger partial charge < -0.3 is 21.4 Å². The number of hydrogen-bond donors (Lipinski definition) is 4. The fraction of sp³-hybridized carbons (Fsp3) is 0.393. The number of fused-ring (bicyclic) bond motifs is 2. The third kappa shape index (κ3) is 5.63. The Morgan fingerprint density at radius 1 is 1.26 bits per heavy atom. The average Bonchev–Trinajstić information content (AvgIpc) is 3.12. The van der Waals surface area contributed by atoms with Crippen LogP contribution in [-0.4, -0.2) is 70.6 Å². The van der Waals surface area contributed by atoms with E-state index in [4.69, 9.17) is 20.7 Å². The Morgan fingerprint density at radius 3 is 2.90 bits per heavy atom. The normalized spacial score (nSPS) is 20.4. The number of allylic oxidation sites excluding steroid dienone is 1. The number of nitrogens with two attached hydrogens (primary N) is 1. The molecule has 5 heterocycles. The SMILES string of the molecule is CNC(=O)C1=CCN=Cc2[nH]c(C3=NCCC(N)C4=NC=C(c5cncc(NC(=O)CC(C)C)c5)CC34)nc21. The Labute approximate surface area is 226 Å². The Kier molecular flexibility index (Phi) is 7.60. The zero-order chi connectivity index (χ0) is 27.5. The molecule has 0 spiro atoms. The summed E-state index contributed by atoms with van der Waals surface area (Å²) < 4.78 is 0. The summed E-state index contributed by atoms with van der Waals surface area (Å²) in [5, 5.41) is 5.62. The van der Waals surface area contributed by atoms with Crippen molar-refractivity contribution in [3.63, 3.8) is 0 Å². The maximum atomic E-state index is 12.5. The number of nitrogens with one attached hydrogen (secondary N) is 3. The summed E-state index contributed by atoms with van der Waals surface area (Å²) in [4.78, 5) is 51.4. The predicted octanol–water partition coefficient (Wildman–Crippen LogP) is 2.37. The van der Waals surface area contributed by atoms with Gasteiger partial charge >= 0.3 is 0 Å². The second-order valence-electron chi connectivity index (χ2n) is 10.3. The van der Waals surface area contributed by atoms with Gasteiger partial charge in [-0.05, 0) is 42.0 Å². The number of rotatable bonds is 6. The summed E-state index contributed by atoms with van der Waals surface area (Å²) in [6, 6.07) is 1.68. The molecule has 11 heteroatoms. The Hall–Kier alpha value is -4.25. The van der Waals surface area contributed by atoms with Gasteiger partial charge in [0, 0.05) is 56.3 Å². The molecule has 2 atom stereocenters. The summed E-state index contributed by atoms with van der Waals surface area (Å²) in [7, 11) is 1.59. The zero-order valence-corrected chi connectivity index (χ0v) is 22.4. The number of aromatic amines is 1. The summed E-state index contributed by atoms with van der Waals surface area (Å²) in [6.45, 7) is 4.95. The molecular formula is C28H33N9O2. The van der Waals surface area contributed by atoms with Crippen molar-refractivity contribution in [2.75, 3.05) is 25.5 Å². The molecule has 2 unspecified atom stereocenters. The van der Waals surface area contributed by atoms with Crippen molar-refractivity contribution >= 4 is 46.3 Å². The highest BCUT2D eigenvalue weighted by Gasteiger charge is 2.35. The second kappa shape index (κ2) is 11.2. The lowest BCUT2D eigenvalue weighted by Gasteiger charge is -2.26. The molecule has 0 aliphatic carbocycles. The van der Waals surface area contributed by atoms with Crippen LogP contribution in [-0.2, 0) is 9.59 Å². The third-order valence-corrected chi connectivity index (χ3v) is 6.89. The van der Waals surface area contributed by atoms with Gasteiger partial charge in [-0.1, -0.05) is 13.8 Å². The molecule has 0 radical (unpaired) electrons. The van der Waals surface area contributed by atoms with Crippen LogP contribution < -0.4 is 16.4 Å². The van der Waals surface area contributed by atoms with Gasteiger partial charge in [0.25, 0.3) is 5.91 Å². The number of aromatic nitrogens is 3. The van der Waals surface area contributed by atoms with E-state index in [2.05, 4.69) is 25.6 Å². The van der Waals surface area contributed by atoms with Crippen LogP contribution >= 0.6 is 0 Å². The van der Waals surface area contributed by atoms with Gasteiger partial charge in [-0.3, -0.25) is 29.6 Å². The molecule has 202 valence electrons. The molecule has 0 saturated carbocycles. The van der Waals surface area contributed by atoms with Crippen LogP contribution in [0, 0.1) is 11.8 Å². The molecular weight excluding hydrogens is 494 g/mol. The highest BCUT2D eigenvalue weighted by Crippen LogP contribution is 2.33.